The van der Waals surface area contributed by atoms with Gasteiger partial charge in [0.15, 0.2) is 0 Å². The minimum absolute atomic E-state index is 0.0466. The van der Waals surface area contributed by atoms with Gasteiger partial charge < -0.3 is 20.1 Å². The van der Waals surface area contributed by atoms with E-state index in [1.165, 1.54) is 4.90 Å². The number of rotatable bonds is 5. The summed E-state index contributed by atoms with van der Waals surface area (Å²) in [4.78, 5) is 46.1. The van der Waals surface area contributed by atoms with Crippen molar-refractivity contribution in [3.05, 3.63) is 35.9 Å². The SMILES string of the molecule is CC(C)(C)OC(=O)N1C[C@H](O)CC[C@@H]1C(=O)NC1CCN(C(=O)NOCc2ccccc2)C1. The molecular weight excluding hydrogens is 428 g/mol. The number of nitrogens with one attached hydrogen (secondary N) is 2. The quantitative estimate of drug-likeness (QED) is 0.574. The first-order chi connectivity index (χ1) is 15.6. The van der Waals surface area contributed by atoms with E-state index in [2.05, 4.69) is 10.8 Å². The zero-order valence-electron chi connectivity index (χ0n) is 19.5. The molecule has 2 saturated heterocycles. The van der Waals surface area contributed by atoms with Crippen LogP contribution in [0.25, 0.3) is 0 Å². The molecule has 33 heavy (non-hydrogen) atoms. The van der Waals surface area contributed by atoms with Crippen molar-refractivity contribution < 1.29 is 29.1 Å². The lowest BCUT2D eigenvalue weighted by molar-refractivity contribution is -0.129. The van der Waals surface area contributed by atoms with Crippen LogP contribution >= 0.6 is 0 Å². The predicted octanol–water partition coefficient (Wildman–Crippen LogP) is 1.78. The van der Waals surface area contributed by atoms with E-state index in [0.717, 1.165) is 5.56 Å². The third-order valence-electron chi connectivity index (χ3n) is 5.55. The minimum atomic E-state index is -0.722. The zero-order valence-corrected chi connectivity index (χ0v) is 19.5. The number of β-amino-alcohol motifs (C(OH)–C–C–N with tert-alkyl or cyclic N) is 1. The third-order valence-corrected chi connectivity index (χ3v) is 5.55. The van der Waals surface area contributed by atoms with Crippen LogP contribution in [0.15, 0.2) is 30.3 Å². The molecule has 2 heterocycles. The number of hydrogen-bond acceptors (Lipinski definition) is 6. The van der Waals surface area contributed by atoms with Crippen LogP contribution in [0, 0.1) is 0 Å². The van der Waals surface area contributed by atoms with Gasteiger partial charge in [-0.05, 0) is 45.6 Å². The van der Waals surface area contributed by atoms with E-state index in [0.29, 0.717) is 32.4 Å². The number of aliphatic hydroxyl groups excluding tert-OH is 1. The van der Waals surface area contributed by atoms with E-state index >= 15 is 0 Å². The molecule has 3 atom stereocenters. The fourth-order valence-electron chi connectivity index (χ4n) is 3.93. The van der Waals surface area contributed by atoms with Crippen molar-refractivity contribution in [2.45, 2.75) is 70.4 Å². The largest absolute Gasteiger partial charge is 0.444 e. The molecule has 10 nitrogen and oxygen atoms in total. The topological polar surface area (TPSA) is 120 Å². The van der Waals surface area contributed by atoms with Crippen molar-refractivity contribution in [1.82, 2.24) is 20.6 Å². The van der Waals surface area contributed by atoms with Gasteiger partial charge in [-0.1, -0.05) is 30.3 Å². The number of likely N-dealkylation sites (tertiary alicyclic amines) is 2. The molecule has 0 saturated carbocycles. The zero-order chi connectivity index (χ0) is 24.0. The molecule has 1 unspecified atom stereocenters. The molecule has 1 aromatic rings. The molecule has 4 amide bonds. The second kappa shape index (κ2) is 10.8. The lowest BCUT2D eigenvalue weighted by Gasteiger charge is -2.38. The van der Waals surface area contributed by atoms with E-state index in [1.54, 1.807) is 25.7 Å². The van der Waals surface area contributed by atoms with Crippen LogP contribution < -0.4 is 10.8 Å². The predicted molar refractivity (Wildman–Crippen MR) is 120 cm³/mol. The van der Waals surface area contributed by atoms with Crippen molar-refractivity contribution in [3.8, 4) is 0 Å². The van der Waals surface area contributed by atoms with Crippen LogP contribution in [-0.2, 0) is 21.0 Å². The lowest BCUT2D eigenvalue weighted by atomic mass is 9.99. The summed E-state index contributed by atoms with van der Waals surface area (Å²) in [6.45, 7) is 6.38. The number of nitrogens with zero attached hydrogens (tertiary/aromatic N) is 2. The Hall–Kier alpha value is -2.85. The Balaban J connectivity index is 1.48. The smallest absolute Gasteiger partial charge is 0.411 e. The Morgan fingerprint density at radius 1 is 1.09 bits per heavy atom. The van der Waals surface area contributed by atoms with E-state index < -0.39 is 23.8 Å². The first-order valence-electron chi connectivity index (χ1n) is 11.3. The van der Waals surface area contributed by atoms with E-state index in [9.17, 15) is 19.5 Å². The maximum absolute atomic E-state index is 13.0. The van der Waals surface area contributed by atoms with Crippen molar-refractivity contribution in [2.75, 3.05) is 19.6 Å². The molecule has 10 heteroatoms. The summed E-state index contributed by atoms with van der Waals surface area (Å²) in [5.74, 6) is -0.305. The number of piperidine rings is 1. The Labute approximate surface area is 194 Å². The molecule has 0 bridgehead atoms. The van der Waals surface area contributed by atoms with Gasteiger partial charge in [-0.3, -0.25) is 14.5 Å². The number of hydrogen-bond donors (Lipinski definition) is 3. The molecule has 182 valence electrons. The molecular formula is C23H34N4O6. The van der Waals surface area contributed by atoms with Gasteiger partial charge in [0.2, 0.25) is 5.91 Å². The molecule has 3 N–H and O–H groups in total. The van der Waals surface area contributed by atoms with Gasteiger partial charge >= 0.3 is 12.1 Å². The maximum Gasteiger partial charge on any atom is 0.411 e. The lowest BCUT2D eigenvalue weighted by Crippen LogP contribution is -2.57. The average molecular weight is 463 g/mol. The minimum Gasteiger partial charge on any atom is -0.444 e. The van der Waals surface area contributed by atoms with Gasteiger partial charge in [0.1, 0.15) is 11.6 Å². The van der Waals surface area contributed by atoms with Crippen LogP contribution in [-0.4, -0.2) is 76.4 Å². The Bertz CT molecular complexity index is 828. The van der Waals surface area contributed by atoms with Crippen molar-refractivity contribution in [3.63, 3.8) is 0 Å². The summed E-state index contributed by atoms with van der Waals surface area (Å²) in [6, 6.07) is 8.18. The molecule has 2 aliphatic heterocycles. The number of ether oxygens (including phenoxy) is 1. The van der Waals surface area contributed by atoms with E-state index in [-0.39, 0.29) is 31.1 Å². The van der Waals surface area contributed by atoms with Gasteiger partial charge in [-0.15, -0.1) is 0 Å². The van der Waals surface area contributed by atoms with E-state index in [4.69, 9.17) is 9.57 Å². The van der Waals surface area contributed by atoms with Gasteiger partial charge in [-0.25, -0.2) is 15.1 Å². The number of benzene rings is 1. The summed E-state index contributed by atoms with van der Waals surface area (Å²) in [7, 11) is 0. The number of hydroxylamine groups is 1. The van der Waals surface area contributed by atoms with Gasteiger partial charge in [0.25, 0.3) is 0 Å². The van der Waals surface area contributed by atoms with E-state index in [1.807, 2.05) is 30.3 Å². The number of urea groups is 1. The van der Waals surface area contributed by atoms with Crippen LogP contribution in [0.4, 0.5) is 9.59 Å². The highest BCUT2D eigenvalue weighted by molar-refractivity contribution is 5.86. The average Bonchev–Trinajstić information content (AvgIpc) is 3.21. The molecule has 0 radical (unpaired) electrons. The molecule has 2 aliphatic rings. The van der Waals surface area contributed by atoms with Crippen molar-refractivity contribution in [1.29, 1.82) is 0 Å². The fraction of sp³-hybridized carbons (Fsp3) is 0.609. The van der Waals surface area contributed by atoms with Crippen molar-refractivity contribution in [2.24, 2.45) is 0 Å². The molecule has 1 aromatic carbocycles. The summed E-state index contributed by atoms with van der Waals surface area (Å²) in [5, 5.41) is 13.0. The second-order valence-corrected chi connectivity index (χ2v) is 9.50. The normalized spacial score (nSPS) is 23.2. The van der Waals surface area contributed by atoms with Crippen LogP contribution in [0.5, 0.6) is 0 Å². The number of carbonyl (C=O) groups excluding carboxylic acids is 3. The van der Waals surface area contributed by atoms with Gasteiger partial charge in [-0.2, -0.15) is 0 Å². The number of carbonyl (C=O) groups is 3. The van der Waals surface area contributed by atoms with Crippen LogP contribution in [0.1, 0.15) is 45.6 Å². The molecule has 0 spiro atoms. The second-order valence-electron chi connectivity index (χ2n) is 9.50. The molecule has 0 aliphatic carbocycles. The third kappa shape index (κ3) is 7.33. The monoisotopic (exact) mass is 462 g/mol. The Kier molecular flexibility index (Phi) is 8.15. The highest BCUT2D eigenvalue weighted by atomic mass is 16.7. The van der Waals surface area contributed by atoms with Gasteiger partial charge in [0.05, 0.1) is 19.3 Å². The summed E-state index contributed by atoms with van der Waals surface area (Å²) in [6.07, 6.45) is 0.0540. The Morgan fingerprint density at radius 2 is 1.82 bits per heavy atom. The number of amides is 4. The number of aliphatic hydroxyl groups is 1. The van der Waals surface area contributed by atoms with Crippen LogP contribution in [0.3, 0.4) is 0 Å². The first kappa shape index (κ1) is 24.8. The fourth-order valence-corrected chi connectivity index (χ4v) is 3.93. The summed E-state index contributed by atoms with van der Waals surface area (Å²) < 4.78 is 5.41. The maximum atomic E-state index is 13.0. The highest BCUT2D eigenvalue weighted by Crippen LogP contribution is 2.22. The Morgan fingerprint density at radius 3 is 2.52 bits per heavy atom. The molecule has 2 fully saturated rings. The first-order valence-corrected chi connectivity index (χ1v) is 11.3. The standard InChI is InChI=1S/C23H34N4O6/c1-23(2,3)33-22(31)27-14-18(28)9-10-19(27)20(29)24-17-11-12-26(13-17)21(30)25-32-15-16-7-5-4-6-8-16/h4-8,17-19,28H,9-15H2,1-3H3,(H,24,29)(H,25,30)/t17?,18-,19-/m1/s1. The van der Waals surface area contributed by atoms with Crippen LogP contribution in [0.2, 0.25) is 0 Å². The summed E-state index contributed by atoms with van der Waals surface area (Å²) >= 11 is 0. The molecule has 3 rings (SSSR count). The van der Waals surface area contributed by atoms with Crippen molar-refractivity contribution >= 4 is 18.0 Å². The van der Waals surface area contributed by atoms with Gasteiger partial charge in [0, 0.05) is 19.1 Å². The molecule has 0 aromatic heterocycles. The summed E-state index contributed by atoms with van der Waals surface area (Å²) in [5.41, 5.74) is 2.67. The highest BCUT2D eigenvalue weighted by Gasteiger charge is 2.39.